The van der Waals surface area contributed by atoms with Gasteiger partial charge in [-0.1, -0.05) is 30.0 Å². The summed E-state index contributed by atoms with van der Waals surface area (Å²) >= 11 is 1.35. The highest BCUT2D eigenvalue weighted by atomic mass is 32.2. The Bertz CT molecular complexity index is 732. The molecule has 0 spiro atoms. The lowest BCUT2D eigenvalue weighted by atomic mass is 10.2. The van der Waals surface area contributed by atoms with Crippen molar-refractivity contribution in [1.82, 2.24) is 10.3 Å². The van der Waals surface area contributed by atoms with E-state index in [1.807, 2.05) is 18.2 Å². The van der Waals surface area contributed by atoms with Gasteiger partial charge < -0.3 is 5.32 Å². The Hall–Kier alpha value is -1.90. The minimum Gasteiger partial charge on any atom is -0.351 e. The van der Waals surface area contributed by atoms with Crippen LogP contribution in [0.3, 0.4) is 0 Å². The Morgan fingerprint density at radius 3 is 2.50 bits per heavy atom. The van der Waals surface area contributed by atoms with Gasteiger partial charge >= 0.3 is 0 Å². The van der Waals surface area contributed by atoms with Gasteiger partial charge in [-0.3, -0.25) is 4.79 Å². The number of carbonyl (C=O) groups is 1. The molecule has 0 atom stereocenters. The van der Waals surface area contributed by atoms with Gasteiger partial charge in [0.25, 0.3) is 0 Å². The molecule has 0 saturated heterocycles. The van der Waals surface area contributed by atoms with Gasteiger partial charge in [0.15, 0.2) is 0 Å². The molecule has 3 N–H and O–H groups in total. The number of primary sulfonamides is 1. The molecule has 1 aromatic heterocycles. The summed E-state index contributed by atoms with van der Waals surface area (Å²) < 4.78 is 22.3. The molecule has 2 rings (SSSR count). The van der Waals surface area contributed by atoms with E-state index in [2.05, 4.69) is 10.3 Å². The zero-order valence-electron chi connectivity index (χ0n) is 11.6. The van der Waals surface area contributed by atoms with Crippen molar-refractivity contribution in [1.29, 1.82) is 0 Å². The van der Waals surface area contributed by atoms with Gasteiger partial charge in [0.05, 0.1) is 15.7 Å². The van der Waals surface area contributed by atoms with Crippen molar-refractivity contribution in [2.45, 2.75) is 16.5 Å². The number of pyridine rings is 1. The number of nitrogens with zero attached hydrogens (tertiary/aromatic N) is 1. The molecule has 8 heteroatoms. The Balaban J connectivity index is 1.81. The molecule has 0 unspecified atom stereocenters. The molecule has 1 aromatic carbocycles. The highest BCUT2D eigenvalue weighted by Crippen LogP contribution is 2.13. The molecule has 0 aliphatic rings. The molecule has 0 saturated carbocycles. The molecule has 0 fully saturated rings. The van der Waals surface area contributed by atoms with Crippen LogP contribution in [-0.4, -0.2) is 25.1 Å². The van der Waals surface area contributed by atoms with Gasteiger partial charge in [-0.25, -0.2) is 18.5 Å². The Morgan fingerprint density at radius 2 is 1.91 bits per heavy atom. The first-order valence-corrected chi connectivity index (χ1v) is 8.90. The van der Waals surface area contributed by atoms with Gasteiger partial charge in [0, 0.05) is 12.7 Å². The molecule has 1 amide bonds. The van der Waals surface area contributed by atoms with Crippen molar-refractivity contribution < 1.29 is 13.2 Å². The number of rotatable bonds is 6. The van der Waals surface area contributed by atoms with Crippen LogP contribution >= 0.6 is 11.8 Å². The van der Waals surface area contributed by atoms with Crippen LogP contribution in [0.1, 0.15) is 5.56 Å². The van der Waals surface area contributed by atoms with E-state index in [-0.39, 0.29) is 16.6 Å². The highest BCUT2D eigenvalue weighted by molar-refractivity contribution is 7.99. The lowest BCUT2D eigenvalue weighted by Gasteiger charge is -2.06. The van der Waals surface area contributed by atoms with Crippen LogP contribution in [-0.2, 0) is 21.4 Å². The zero-order valence-corrected chi connectivity index (χ0v) is 13.2. The maximum atomic E-state index is 11.7. The molecule has 6 nitrogen and oxygen atoms in total. The summed E-state index contributed by atoms with van der Waals surface area (Å²) in [4.78, 5) is 15.9. The summed E-state index contributed by atoms with van der Waals surface area (Å²) in [5, 5.41) is 8.56. The first-order chi connectivity index (χ1) is 10.4. The van der Waals surface area contributed by atoms with Crippen molar-refractivity contribution in [3.05, 3.63) is 54.2 Å². The van der Waals surface area contributed by atoms with Crippen LogP contribution in [0, 0.1) is 0 Å². The van der Waals surface area contributed by atoms with E-state index in [4.69, 9.17) is 5.14 Å². The second-order valence-electron chi connectivity index (χ2n) is 4.42. The largest absolute Gasteiger partial charge is 0.351 e. The highest BCUT2D eigenvalue weighted by Gasteiger charge is 2.07. The third kappa shape index (κ3) is 5.14. The predicted molar refractivity (Wildman–Crippen MR) is 84.6 cm³/mol. The summed E-state index contributed by atoms with van der Waals surface area (Å²) in [5.41, 5.74) is 0.795. The number of sulfonamides is 1. The number of aromatic nitrogens is 1. The average molecular weight is 337 g/mol. The SMILES string of the molecule is NS(=O)(=O)c1ccc(CNC(=O)CSc2ccccn2)cc1. The van der Waals surface area contributed by atoms with E-state index >= 15 is 0 Å². The van der Waals surface area contributed by atoms with Crippen molar-refractivity contribution in [3.8, 4) is 0 Å². The second kappa shape index (κ2) is 7.39. The molecule has 22 heavy (non-hydrogen) atoms. The second-order valence-corrected chi connectivity index (χ2v) is 6.98. The summed E-state index contributed by atoms with van der Waals surface area (Å²) in [6.07, 6.45) is 1.67. The lowest BCUT2D eigenvalue weighted by Crippen LogP contribution is -2.24. The van der Waals surface area contributed by atoms with Crippen LogP contribution in [0.2, 0.25) is 0 Å². The molecule has 0 aliphatic carbocycles. The van der Waals surface area contributed by atoms with Crippen LogP contribution in [0.25, 0.3) is 0 Å². The minimum absolute atomic E-state index is 0.0493. The molecule has 2 aromatic rings. The number of hydrogen-bond acceptors (Lipinski definition) is 5. The van der Waals surface area contributed by atoms with Gasteiger partial charge in [-0.05, 0) is 29.8 Å². The Morgan fingerprint density at radius 1 is 1.18 bits per heavy atom. The molecule has 116 valence electrons. The topological polar surface area (TPSA) is 102 Å². The van der Waals surface area contributed by atoms with E-state index in [0.717, 1.165) is 10.6 Å². The smallest absolute Gasteiger partial charge is 0.238 e. The van der Waals surface area contributed by atoms with Gasteiger partial charge in [-0.15, -0.1) is 0 Å². The summed E-state index contributed by atoms with van der Waals surface area (Å²) in [6, 6.07) is 11.6. The zero-order chi connectivity index (χ0) is 16.0. The summed E-state index contributed by atoms with van der Waals surface area (Å²) in [5.74, 6) is 0.151. The molecule has 0 radical (unpaired) electrons. The average Bonchev–Trinajstić information content (AvgIpc) is 2.51. The first kappa shape index (κ1) is 16.5. The predicted octanol–water partition coefficient (Wildman–Crippen LogP) is 1.14. The standard InChI is InChI=1S/C14H15N3O3S2/c15-22(19,20)12-6-4-11(5-7-12)9-17-13(18)10-21-14-3-1-2-8-16-14/h1-8H,9-10H2,(H,17,18)(H2,15,19,20). The monoisotopic (exact) mass is 337 g/mol. The molecule has 0 bridgehead atoms. The van der Waals surface area contributed by atoms with Gasteiger partial charge in [0.2, 0.25) is 15.9 Å². The fourth-order valence-electron chi connectivity index (χ4n) is 1.62. The normalized spacial score (nSPS) is 11.1. The van der Waals surface area contributed by atoms with Crippen molar-refractivity contribution in [2.75, 3.05) is 5.75 Å². The molecular weight excluding hydrogens is 322 g/mol. The summed E-state index contributed by atoms with van der Waals surface area (Å²) in [7, 11) is -3.69. The fourth-order valence-corrected chi connectivity index (χ4v) is 2.83. The van der Waals surface area contributed by atoms with Gasteiger partial charge in [-0.2, -0.15) is 0 Å². The van der Waals surface area contributed by atoms with E-state index in [9.17, 15) is 13.2 Å². The number of nitrogens with two attached hydrogens (primary N) is 1. The number of hydrogen-bond donors (Lipinski definition) is 2. The number of carbonyl (C=O) groups excluding carboxylic acids is 1. The minimum atomic E-state index is -3.69. The molecule has 1 heterocycles. The van der Waals surface area contributed by atoms with Crippen LogP contribution < -0.4 is 10.5 Å². The van der Waals surface area contributed by atoms with Crippen LogP contribution in [0.15, 0.2) is 58.6 Å². The van der Waals surface area contributed by atoms with E-state index in [1.165, 1.54) is 23.9 Å². The van der Waals surface area contributed by atoms with Crippen LogP contribution in [0.4, 0.5) is 0 Å². The fraction of sp³-hybridized carbons (Fsp3) is 0.143. The van der Waals surface area contributed by atoms with Crippen molar-refractivity contribution in [3.63, 3.8) is 0 Å². The van der Waals surface area contributed by atoms with Crippen LogP contribution in [0.5, 0.6) is 0 Å². The number of nitrogens with one attached hydrogen (secondary N) is 1. The first-order valence-electron chi connectivity index (χ1n) is 6.37. The van der Waals surface area contributed by atoms with Crippen molar-refractivity contribution >= 4 is 27.7 Å². The third-order valence-electron chi connectivity index (χ3n) is 2.73. The Labute approximate surface area is 133 Å². The maximum Gasteiger partial charge on any atom is 0.238 e. The quantitative estimate of drug-likeness (QED) is 0.770. The Kier molecular flexibility index (Phi) is 5.53. The van der Waals surface area contributed by atoms with E-state index < -0.39 is 10.0 Å². The van der Waals surface area contributed by atoms with E-state index in [0.29, 0.717) is 6.54 Å². The maximum absolute atomic E-state index is 11.7. The number of thioether (sulfide) groups is 1. The third-order valence-corrected chi connectivity index (χ3v) is 4.60. The number of amides is 1. The summed E-state index contributed by atoms with van der Waals surface area (Å²) in [6.45, 7) is 0.326. The van der Waals surface area contributed by atoms with Gasteiger partial charge in [0.1, 0.15) is 0 Å². The van der Waals surface area contributed by atoms with E-state index in [1.54, 1.807) is 18.3 Å². The molecule has 0 aliphatic heterocycles. The number of benzene rings is 1. The molecular formula is C14H15N3O3S2. The lowest BCUT2D eigenvalue weighted by molar-refractivity contribution is -0.118. The van der Waals surface area contributed by atoms with Crippen molar-refractivity contribution in [2.24, 2.45) is 5.14 Å².